The fraction of sp³-hybridized carbons (Fsp3) is 0.400. The Bertz CT molecular complexity index is 489. The van der Waals surface area contributed by atoms with Crippen LogP contribution in [-0.2, 0) is 6.42 Å². The second-order valence-electron chi connectivity index (χ2n) is 3.36. The Morgan fingerprint density at radius 3 is 3.00 bits per heavy atom. The SMILES string of the molecule is CCOc1nc(Cl)nc(NCCc2ncc[nH]2)n1. The van der Waals surface area contributed by atoms with Gasteiger partial charge in [-0.25, -0.2) is 4.98 Å². The molecule has 2 aromatic rings. The average Bonchev–Trinajstić information content (AvgIpc) is 2.82. The molecule has 7 nitrogen and oxygen atoms in total. The molecule has 0 fully saturated rings. The highest BCUT2D eigenvalue weighted by atomic mass is 35.5. The number of anilines is 1. The number of rotatable bonds is 6. The predicted octanol–water partition coefficient (Wildman–Crippen LogP) is 1.30. The van der Waals surface area contributed by atoms with E-state index >= 15 is 0 Å². The minimum Gasteiger partial charge on any atom is -0.464 e. The molecule has 8 heteroatoms. The molecular weight excluding hydrogens is 256 g/mol. The Morgan fingerprint density at radius 1 is 1.39 bits per heavy atom. The van der Waals surface area contributed by atoms with Crippen molar-refractivity contribution >= 4 is 17.5 Å². The van der Waals surface area contributed by atoms with Crippen LogP contribution in [-0.4, -0.2) is 38.1 Å². The normalized spacial score (nSPS) is 10.3. The largest absolute Gasteiger partial charge is 0.464 e. The van der Waals surface area contributed by atoms with Gasteiger partial charge in [-0.05, 0) is 18.5 Å². The Hall–Kier alpha value is -1.89. The maximum Gasteiger partial charge on any atom is 0.322 e. The second kappa shape index (κ2) is 6.15. The van der Waals surface area contributed by atoms with Crippen molar-refractivity contribution in [3.63, 3.8) is 0 Å². The van der Waals surface area contributed by atoms with E-state index in [0.29, 0.717) is 19.1 Å². The van der Waals surface area contributed by atoms with Crippen molar-refractivity contribution < 1.29 is 4.74 Å². The number of imidazole rings is 1. The van der Waals surface area contributed by atoms with Crippen LogP contribution in [0.15, 0.2) is 12.4 Å². The van der Waals surface area contributed by atoms with E-state index in [4.69, 9.17) is 16.3 Å². The lowest BCUT2D eigenvalue weighted by Gasteiger charge is -2.05. The first kappa shape index (κ1) is 12.6. The summed E-state index contributed by atoms with van der Waals surface area (Å²) in [5, 5.41) is 3.14. The van der Waals surface area contributed by atoms with Gasteiger partial charge in [-0.15, -0.1) is 0 Å². The van der Waals surface area contributed by atoms with Crippen LogP contribution >= 0.6 is 11.6 Å². The monoisotopic (exact) mass is 268 g/mol. The number of nitrogens with zero attached hydrogens (tertiary/aromatic N) is 4. The standard InChI is InChI=1S/C10H13ClN6O/c1-2-18-10-16-8(11)15-9(17-10)14-4-3-7-12-5-6-13-7/h5-6H,2-4H2,1H3,(H,12,13)(H,14,15,16,17). The summed E-state index contributed by atoms with van der Waals surface area (Å²) in [5.41, 5.74) is 0. The van der Waals surface area contributed by atoms with Crippen LogP contribution in [0.1, 0.15) is 12.7 Å². The molecule has 0 aromatic carbocycles. The van der Waals surface area contributed by atoms with Gasteiger partial charge in [0.15, 0.2) is 0 Å². The van der Waals surface area contributed by atoms with Crippen molar-refractivity contribution in [3.8, 4) is 6.01 Å². The molecule has 0 radical (unpaired) electrons. The molecule has 2 heterocycles. The van der Waals surface area contributed by atoms with Gasteiger partial charge < -0.3 is 15.0 Å². The molecule has 0 spiro atoms. The summed E-state index contributed by atoms with van der Waals surface area (Å²) < 4.78 is 5.17. The van der Waals surface area contributed by atoms with Gasteiger partial charge in [0, 0.05) is 25.4 Å². The molecule has 0 atom stereocenters. The van der Waals surface area contributed by atoms with Crippen molar-refractivity contribution in [2.75, 3.05) is 18.5 Å². The minimum absolute atomic E-state index is 0.106. The molecule has 0 saturated heterocycles. The molecule has 2 rings (SSSR count). The summed E-state index contributed by atoms with van der Waals surface area (Å²) in [6, 6.07) is 0.220. The number of aromatic nitrogens is 5. The molecule has 0 bridgehead atoms. The van der Waals surface area contributed by atoms with Crippen LogP contribution in [0.3, 0.4) is 0 Å². The van der Waals surface area contributed by atoms with Gasteiger partial charge in [0.05, 0.1) is 6.61 Å². The third-order valence-corrected chi connectivity index (χ3v) is 2.23. The number of aromatic amines is 1. The van der Waals surface area contributed by atoms with Gasteiger partial charge in [-0.3, -0.25) is 0 Å². The lowest BCUT2D eigenvalue weighted by molar-refractivity contribution is 0.312. The first-order chi connectivity index (χ1) is 8.78. The summed E-state index contributed by atoms with van der Waals surface area (Å²) in [6.07, 6.45) is 4.23. The van der Waals surface area contributed by atoms with Crippen LogP contribution in [0.5, 0.6) is 6.01 Å². The topological polar surface area (TPSA) is 88.6 Å². The zero-order chi connectivity index (χ0) is 12.8. The number of ether oxygens (including phenoxy) is 1. The smallest absolute Gasteiger partial charge is 0.322 e. The molecule has 18 heavy (non-hydrogen) atoms. The zero-order valence-corrected chi connectivity index (χ0v) is 10.6. The summed E-state index contributed by atoms with van der Waals surface area (Å²) in [6.45, 7) is 2.97. The van der Waals surface area contributed by atoms with Crippen molar-refractivity contribution in [1.29, 1.82) is 0 Å². The molecule has 0 unspecified atom stereocenters. The van der Waals surface area contributed by atoms with E-state index < -0.39 is 0 Å². The molecule has 2 aromatic heterocycles. The lowest BCUT2D eigenvalue weighted by Crippen LogP contribution is -2.10. The van der Waals surface area contributed by atoms with Gasteiger partial charge in [-0.2, -0.15) is 15.0 Å². The van der Waals surface area contributed by atoms with E-state index in [1.165, 1.54) is 0 Å². The molecular formula is C10H13ClN6O. The van der Waals surface area contributed by atoms with Gasteiger partial charge >= 0.3 is 6.01 Å². The summed E-state index contributed by atoms with van der Waals surface area (Å²) in [5.74, 6) is 1.29. The number of hydrogen-bond donors (Lipinski definition) is 2. The van der Waals surface area contributed by atoms with E-state index in [2.05, 4.69) is 30.2 Å². The Morgan fingerprint density at radius 2 is 2.28 bits per heavy atom. The Labute approximate surface area is 109 Å². The molecule has 0 amide bonds. The second-order valence-corrected chi connectivity index (χ2v) is 3.69. The van der Waals surface area contributed by atoms with E-state index in [-0.39, 0.29) is 11.3 Å². The van der Waals surface area contributed by atoms with Crippen LogP contribution in [0.4, 0.5) is 5.95 Å². The summed E-state index contributed by atoms with van der Waals surface area (Å²) >= 11 is 5.76. The van der Waals surface area contributed by atoms with Crippen molar-refractivity contribution in [1.82, 2.24) is 24.9 Å². The van der Waals surface area contributed by atoms with Crippen molar-refractivity contribution in [3.05, 3.63) is 23.5 Å². The number of hydrogen-bond acceptors (Lipinski definition) is 6. The zero-order valence-electron chi connectivity index (χ0n) is 9.85. The lowest BCUT2D eigenvalue weighted by atomic mass is 10.4. The summed E-state index contributed by atoms with van der Waals surface area (Å²) in [7, 11) is 0. The first-order valence-corrected chi connectivity index (χ1v) is 5.92. The molecule has 2 N–H and O–H groups in total. The Kier molecular flexibility index (Phi) is 4.30. The van der Waals surface area contributed by atoms with Crippen LogP contribution in [0, 0.1) is 0 Å². The molecule has 0 aliphatic carbocycles. The summed E-state index contributed by atoms with van der Waals surface area (Å²) in [4.78, 5) is 19.0. The van der Waals surface area contributed by atoms with E-state index in [1.54, 1.807) is 12.4 Å². The number of halogens is 1. The van der Waals surface area contributed by atoms with Gasteiger partial charge in [0.2, 0.25) is 11.2 Å². The van der Waals surface area contributed by atoms with E-state index in [0.717, 1.165) is 12.2 Å². The minimum atomic E-state index is 0.106. The van der Waals surface area contributed by atoms with Gasteiger partial charge in [-0.1, -0.05) is 0 Å². The third kappa shape index (κ3) is 3.56. The van der Waals surface area contributed by atoms with Crippen molar-refractivity contribution in [2.24, 2.45) is 0 Å². The first-order valence-electron chi connectivity index (χ1n) is 5.54. The maximum absolute atomic E-state index is 5.76. The van der Waals surface area contributed by atoms with Crippen LogP contribution < -0.4 is 10.1 Å². The van der Waals surface area contributed by atoms with Gasteiger partial charge in [0.25, 0.3) is 0 Å². The van der Waals surface area contributed by atoms with Crippen LogP contribution in [0.2, 0.25) is 5.28 Å². The molecule has 0 aliphatic heterocycles. The van der Waals surface area contributed by atoms with Crippen molar-refractivity contribution in [2.45, 2.75) is 13.3 Å². The molecule has 96 valence electrons. The highest BCUT2D eigenvalue weighted by Crippen LogP contribution is 2.11. The quantitative estimate of drug-likeness (QED) is 0.821. The highest BCUT2D eigenvalue weighted by molar-refractivity contribution is 6.28. The van der Waals surface area contributed by atoms with Gasteiger partial charge in [0.1, 0.15) is 5.82 Å². The Balaban J connectivity index is 1.92. The fourth-order valence-corrected chi connectivity index (χ4v) is 1.48. The molecule has 0 aliphatic rings. The van der Waals surface area contributed by atoms with E-state index in [9.17, 15) is 0 Å². The third-order valence-electron chi connectivity index (χ3n) is 2.06. The van der Waals surface area contributed by atoms with Crippen LogP contribution in [0.25, 0.3) is 0 Å². The maximum atomic E-state index is 5.76. The fourth-order valence-electron chi connectivity index (χ4n) is 1.33. The predicted molar refractivity (Wildman–Crippen MR) is 66.8 cm³/mol. The number of nitrogens with one attached hydrogen (secondary N) is 2. The average molecular weight is 269 g/mol. The molecule has 0 saturated carbocycles. The van der Waals surface area contributed by atoms with E-state index in [1.807, 2.05) is 6.92 Å². The number of H-pyrrole nitrogens is 1. The highest BCUT2D eigenvalue weighted by Gasteiger charge is 2.05.